The quantitative estimate of drug-likeness (QED) is 0.690. The van der Waals surface area contributed by atoms with Crippen molar-refractivity contribution in [3.05, 3.63) is 0 Å². The molecule has 1 fully saturated rings. The second-order valence-electron chi connectivity index (χ2n) is 4.15. The highest BCUT2D eigenvalue weighted by atomic mass is 16.5. The highest BCUT2D eigenvalue weighted by Gasteiger charge is 2.31. The maximum atomic E-state index is 10.1. The molecule has 13 heavy (non-hydrogen) atoms. The number of hydrogen-bond donors (Lipinski definition) is 2. The summed E-state index contributed by atoms with van der Waals surface area (Å²) < 4.78 is 5.01. The lowest BCUT2D eigenvalue weighted by Crippen LogP contribution is -2.51. The molecule has 0 saturated carbocycles. The van der Waals surface area contributed by atoms with Gasteiger partial charge in [-0.2, -0.15) is 0 Å². The number of methoxy groups -OCH3 is 1. The van der Waals surface area contributed by atoms with Crippen LogP contribution in [0, 0.1) is 0 Å². The summed E-state index contributed by atoms with van der Waals surface area (Å²) in [5.41, 5.74) is -0.723. The smallest absolute Gasteiger partial charge is 0.100 e. The fourth-order valence-corrected chi connectivity index (χ4v) is 1.95. The summed E-state index contributed by atoms with van der Waals surface area (Å²) in [5, 5.41) is 13.5. The lowest BCUT2D eigenvalue weighted by molar-refractivity contribution is -0.0447. The van der Waals surface area contributed by atoms with Gasteiger partial charge in [0.2, 0.25) is 0 Å². The van der Waals surface area contributed by atoms with Gasteiger partial charge in [-0.25, -0.2) is 0 Å². The molecule has 0 aromatic heterocycles. The maximum Gasteiger partial charge on any atom is 0.100 e. The monoisotopic (exact) mass is 187 g/mol. The molecule has 2 unspecified atom stereocenters. The van der Waals surface area contributed by atoms with E-state index < -0.39 is 5.60 Å². The fraction of sp³-hybridized carbons (Fsp3) is 1.00. The van der Waals surface area contributed by atoms with Gasteiger partial charge in [-0.15, -0.1) is 0 Å². The van der Waals surface area contributed by atoms with Crippen LogP contribution in [0.3, 0.4) is 0 Å². The average Bonchev–Trinajstić information content (AvgIpc) is 2.31. The van der Waals surface area contributed by atoms with E-state index in [1.54, 1.807) is 7.11 Å². The van der Waals surface area contributed by atoms with Gasteiger partial charge in [-0.3, -0.25) is 0 Å². The summed E-state index contributed by atoms with van der Waals surface area (Å²) in [5.74, 6) is 0. The summed E-state index contributed by atoms with van der Waals surface area (Å²) in [6.45, 7) is 3.27. The van der Waals surface area contributed by atoms with Gasteiger partial charge < -0.3 is 15.2 Å². The minimum Gasteiger partial charge on any atom is -0.386 e. The predicted octanol–water partition coefficient (Wildman–Crippen LogP) is 0.916. The normalized spacial score (nSPS) is 29.3. The molecule has 0 amide bonds. The highest BCUT2D eigenvalue weighted by Crippen LogP contribution is 2.19. The zero-order valence-corrected chi connectivity index (χ0v) is 8.68. The van der Waals surface area contributed by atoms with Crippen molar-refractivity contribution in [3.63, 3.8) is 0 Å². The Labute approximate surface area is 80.5 Å². The number of hydrogen-bond acceptors (Lipinski definition) is 3. The lowest BCUT2D eigenvalue weighted by atomic mass is 9.93. The van der Waals surface area contributed by atoms with Gasteiger partial charge in [0.25, 0.3) is 0 Å². The van der Waals surface area contributed by atoms with Crippen LogP contribution in [0.25, 0.3) is 0 Å². The SMILES string of the molecule is COCC(C)(O)C1CCCCCN1. The summed E-state index contributed by atoms with van der Waals surface area (Å²) in [6, 6.07) is 0.190. The Morgan fingerprint density at radius 3 is 2.92 bits per heavy atom. The minimum atomic E-state index is -0.723. The first-order valence-electron chi connectivity index (χ1n) is 5.11. The van der Waals surface area contributed by atoms with Crippen LogP contribution >= 0.6 is 0 Å². The van der Waals surface area contributed by atoms with Crippen LogP contribution in [-0.4, -0.2) is 37.0 Å². The van der Waals surface area contributed by atoms with E-state index in [0.717, 1.165) is 13.0 Å². The van der Waals surface area contributed by atoms with Crippen LogP contribution in [0.2, 0.25) is 0 Å². The van der Waals surface area contributed by atoms with Crippen LogP contribution < -0.4 is 5.32 Å². The van der Waals surface area contributed by atoms with E-state index in [1.165, 1.54) is 19.3 Å². The molecule has 0 spiro atoms. The summed E-state index contributed by atoms with van der Waals surface area (Å²) in [7, 11) is 1.63. The standard InChI is InChI=1S/C10H21NO2/c1-10(12,8-13-2)9-6-4-3-5-7-11-9/h9,11-12H,3-8H2,1-2H3. The van der Waals surface area contributed by atoms with Crippen molar-refractivity contribution in [1.82, 2.24) is 5.32 Å². The van der Waals surface area contributed by atoms with E-state index in [0.29, 0.717) is 6.61 Å². The van der Waals surface area contributed by atoms with Gasteiger partial charge in [-0.05, 0) is 26.3 Å². The van der Waals surface area contributed by atoms with Crippen molar-refractivity contribution in [2.45, 2.75) is 44.2 Å². The third-order valence-electron chi connectivity index (χ3n) is 2.75. The first-order chi connectivity index (χ1) is 6.17. The Morgan fingerprint density at radius 2 is 2.23 bits per heavy atom. The summed E-state index contributed by atoms with van der Waals surface area (Å²) >= 11 is 0. The molecule has 2 atom stereocenters. The van der Waals surface area contributed by atoms with Crippen LogP contribution in [0.15, 0.2) is 0 Å². The molecule has 2 N–H and O–H groups in total. The molecule has 0 aromatic rings. The van der Waals surface area contributed by atoms with Crippen LogP contribution in [-0.2, 0) is 4.74 Å². The molecule has 1 saturated heterocycles. The highest BCUT2D eigenvalue weighted by molar-refractivity contribution is 4.88. The van der Waals surface area contributed by atoms with Crippen molar-refractivity contribution in [2.24, 2.45) is 0 Å². The summed E-state index contributed by atoms with van der Waals surface area (Å²) in [6.07, 6.45) is 4.75. The van der Waals surface area contributed by atoms with Crippen molar-refractivity contribution in [2.75, 3.05) is 20.3 Å². The van der Waals surface area contributed by atoms with Crippen molar-refractivity contribution < 1.29 is 9.84 Å². The molecular formula is C10H21NO2. The lowest BCUT2D eigenvalue weighted by Gasteiger charge is -2.32. The second kappa shape index (κ2) is 4.94. The van der Waals surface area contributed by atoms with Gasteiger partial charge >= 0.3 is 0 Å². The zero-order chi connectivity index (χ0) is 9.73. The number of rotatable bonds is 3. The Bertz CT molecular complexity index is 140. The first-order valence-corrected chi connectivity index (χ1v) is 5.11. The number of ether oxygens (including phenoxy) is 1. The van der Waals surface area contributed by atoms with Gasteiger partial charge in [0.05, 0.1) is 6.61 Å². The van der Waals surface area contributed by atoms with E-state index >= 15 is 0 Å². The molecule has 3 heteroatoms. The number of aliphatic hydroxyl groups is 1. The minimum absolute atomic E-state index is 0.190. The fourth-order valence-electron chi connectivity index (χ4n) is 1.95. The van der Waals surface area contributed by atoms with Crippen molar-refractivity contribution >= 4 is 0 Å². The molecule has 0 aromatic carbocycles. The van der Waals surface area contributed by atoms with Crippen LogP contribution in [0.4, 0.5) is 0 Å². The zero-order valence-electron chi connectivity index (χ0n) is 8.68. The maximum absolute atomic E-state index is 10.1. The molecular weight excluding hydrogens is 166 g/mol. The van der Waals surface area contributed by atoms with Crippen LogP contribution in [0.1, 0.15) is 32.6 Å². The van der Waals surface area contributed by atoms with Crippen LogP contribution in [0.5, 0.6) is 0 Å². The third-order valence-corrected chi connectivity index (χ3v) is 2.75. The Hall–Kier alpha value is -0.120. The van der Waals surface area contributed by atoms with E-state index in [2.05, 4.69) is 5.32 Å². The molecule has 1 rings (SSSR count). The average molecular weight is 187 g/mol. The molecule has 1 aliphatic heterocycles. The Kier molecular flexibility index (Phi) is 4.16. The first kappa shape index (κ1) is 11.0. The van der Waals surface area contributed by atoms with Gasteiger partial charge in [0.15, 0.2) is 0 Å². The molecule has 0 aliphatic carbocycles. The second-order valence-corrected chi connectivity index (χ2v) is 4.15. The predicted molar refractivity (Wildman–Crippen MR) is 52.8 cm³/mol. The van der Waals surface area contributed by atoms with Gasteiger partial charge in [0.1, 0.15) is 5.60 Å². The largest absolute Gasteiger partial charge is 0.386 e. The van der Waals surface area contributed by atoms with Crippen molar-refractivity contribution in [3.8, 4) is 0 Å². The Balaban J connectivity index is 2.46. The molecule has 3 nitrogen and oxygen atoms in total. The van der Waals surface area contributed by atoms with Crippen molar-refractivity contribution in [1.29, 1.82) is 0 Å². The van der Waals surface area contributed by atoms with Gasteiger partial charge in [0, 0.05) is 13.2 Å². The molecule has 1 heterocycles. The summed E-state index contributed by atoms with van der Waals surface area (Å²) in [4.78, 5) is 0. The topological polar surface area (TPSA) is 41.5 Å². The van der Waals surface area contributed by atoms with E-state index in [1.807, 2.05) is 6.92 Å². The van der Waals surface area contributed by atoms with E-state index in [4.69, 9.17) is 4.74 Å². The van der Waals surface area contributed by atoms with E-state index in [-0.39, 0.29) is 6.04 Å². The Morgan fingerprint density at radius 1 is 1.46 bits per heavy atom. The van der Waals surface area contributed by atoms with Gasteiger partial charge in [-0.1, -0.05) is 12.8 Å². The molecule has 0 bridgehead atoms. The molecule has 0 radical (unpaired) electrons. The molecule has 78 valence electrons. The number of nitrogens with one attached hydrogen (secondary N) is 1. The molecule has 1 aliphatic rings. The third kappa shape index (κ3) is 3.25. The van der Waals surface area contributed by atoms with E-state index in [9.17, 15) is 5.11 Å².